The Morgan fingerprint density at radius 3 is 2.36 bits per heavy atom. The molecule has 33 heavy (non-hydrogen) atoms. The van der Waals surface area contributed by atoms with E-state index in [1.54, 1.807) is 19.1 Å². The second-order valence-corrected chi connectivity index (χ2v) is 12.0. The number of fused-ring (bicyclic) bond motifs is 1. The zero-order valence-electron chi connectivity index (χ0n) is 20.5. The molecule has 0 N–H and O–H groups in total. The van der Waals surface area contributed by atoms with Gasteiger partial charge in [0.15, 0.2) is 5.78 Å². The summed E-state index contributed by atoms with van der Waals surface area (Å²) in [4.78, 5) is 26.1. The lowest BCUT2D eigenvalue weighted by Crippen LogP contribution is -2.41. The van der Waals surface area contributed by atoms with E-state index in [1.807, 2.05) is 40.7 Å². The zero-order chi connectivity index (χ0) is 24.8. The van der Waals surface area contributed by atoms with E-state index in [4.69, 9.17) is 4.74 Å². The summed E-state index contributed by atoms with van der Waals surface area (Å²) in [7, 11) is -2.92. The SMILES string of the molecule is CCCC1(C)C(=O)N(S(=O)(=O)c2ccc(C(=O)CC(C)(C)C)cc2OC)c2ccc(C)cc21. The quantitative estimate of drug-likeness (QED) is 0.504. The van der Waals surface area contributed by atoms with Gasteiger partial charge in [-0.05, 0) is 55.5 Å². The van der Waals surface area contributed by atoms with Crippen LogP contribution >= 0.6 is 0 Å². The number of nitrogens with zero attached hydrogens (tertiary/aromatic N) is 1. The molecule has 1 unspecified atom stereocenters. The molecule has 0 saturated heterocycles. The van der Waals surface area contributed by atoms with Crippen LogP contribution < -0.4 is 9.04 Å². The summed E-state index contributed by atoms with van der Waals surface area (Å²) in [6, 6.07) is 9.69. The van der Waals surface area contributed by atoms with Crippen LogP contribution in [0.3, 0.4) is 0 Å². The van der Waals surface area contributed by atoms with Crippen LogP contribution in [0.2, 0.25) is 0 Å². The highest BCUT2D eigenvalue weighted by Crippen LogP contribution is 2.48. The van der Waals surface area contributed by atoms with Crippen LogP contribution in [0.25, 0.3) is 0 Å². The van der Waals surface area contributed by atoms with E-state index in [1.165, 1.54) is 25.3 Å². The van der Waals surface area contributed by atoms with Crippen molar-refractivity contribution in [3.8, 4) is 5.75 Å². The van der Waals surface area contributed by atoms with Crippen LogP contribution in [0.5, 0.6) is 5.75 Å². The third-order valence-corrected chi connectivity index (χ3v) is 7.80. The Bertz CT molecular complexity index is 1210. The number of hydrogen-bond acceptors (Lipinski definition) is 5. The largest absolute Gasteiger partial charge is 0.495 e. The molecular formula is C26H33NO5S. The van der Waals surface area contributed by atoms with Gasteiger partial charge in [0.2, 0.25) is 0 Å². The Hall–Kier alpha value is -2.67. The van der Waals surface area contributed by atoms with E-state index in [2.05, 4.69) is 0 Å². The molecule has 7 heteroatoms. The lowest BCUT2D eigenvalue weighted by molar-refractivity contribution is -0.121. The number of amides is 1. The number of methoxy groups -OCH3 is 1. The van der Waals surface area contributed by atoms with E-state index in [9.17, 15) is 18.0 Å². The van der Waals surface area contributed by atoms with Gasteiger partial charge in [0.25, 0.3) is 15.9 Å². The fourth-order valence-electron chi connectivity index (χ4n) is 4.43. The minimum absolute atomic E-state index is 0.0420. The molecule has 3 rings (SSSR count). The van der Waals surface area contributed by atoms with E-state index >= 15 is 0 Å². The first-order valence-electron chi connectivity index (χ1n) is 11.2. The first-order valence-corrected chi connectivity index (χ1v) is 12.6. The lowest BCUT2D eigenvalue weighted by atomic mass is 9.79. The van der Waals surface area contributed by atoms with Crippen molar-refractivity contribution in [3.63, 3.8) is 0 Å². The van der Waals surface area contributed by atoms with Gasteiger partial charge in [-0.2, -0.15) is 0 Å². The van der Waals surface area contributed by atoms with Crippen molar-refractivity contribution in [3.05, 3.63) is 53.1 Å². The van der Waals surface area contributed by atoms with Crippen molar-refractivity contribution in [1.82, 2.24) is 0 Å². The fourth-order valence-corrected chi connectivity index (χ4v) is 6.11. The number of ether oxygens (including phenoxy) is 1. The maximum atomic E-state index is 13.8. The van der Waals surface area contributed by atoms with Crippen molar-refractivity contribution >= 4 is 27.4 Å². The monoisotopic (exact) mass is 471 g/mol. The van der Waals surface area contributed by atoms with Crippen LogP contribution in [-0.2, 0) is 20.2 Å². The molecule has 178 valence electrons. The van der Waals surface area contributed by atoms with Gasteiger partial charge < -0.3 is 4.74 Å². The number of aryl methyl sites for hydroxylation is 1. The summed E-state index contributed by atoms with van der Waals surface area (Å²) in [5.41, 5.74) is 1.29. The molecule has 0 radical (unpaired) electrons. The molecule has 2 aromatic carbocycles. The number of anilines is 1. The molecule has 1 aliphatic heterocycles. The first kappa shape index (κ1) is 25.0. The average molecular weight is 472 g/mol. The zero-order valence-corrected chi connectivity index (χ0v) is 21.3. The Labute approximate surface area is 197 Å². The van der Waals surface area contributed by atoms with Gasteiger partial charge in [0, 0.05) is 12.0 Å². The Balaban J connectivity index is 2.13. The van der Waals surface area contributed by atoms with Gasteiger partial charge in [0.05, 0.1) is 18.2 Å². The summed E-state index contributed by atoms with van der Waals surface area (Å²) >= 11 is 0. The maximum absolute atomic E-state index is 13.8. The summed E-state index contributed by atoms with van der Waals surface area (Å²) < 4.78 is 33.9. The molecule has 0 bridgehead atoms. The number of benzene rings is 2. The number of carbonyl (C=O) groups excluding carboxylic acids is 2. The summed E-state index contributed by atoms with van der Waals surface area (Å²) in [5, 5.41) is 0. The van der Waals surface area contributed by atoms with Gasteiger partial charge in [-0.25, -0.2) is 12.7 Å². The second kappa shape index (κ2) is 8.60. The summed E-state index contributed by atoms with van der Waals surface area (Å²) in [5.74, 6) is -0.529. The van der Waals surface area contributed by atoms with E-state index in [0.29, 0.717) is 29.7 Å². The Morgan fingerprint density at radius 1 is 1.12 bits per heavy atom. The molecule has 1 amide bonds. The topological polar surface area (TPSA) is 80.8 Å². The van der Waals surface area contributed by atoms with E-state index < -0.39 is 21.3 Å². The molecule has 6 nitrogen and oxygen atoms in total. The highest BCUT2D eigenvalue weighted by Gasteiger charge is 2.52. The van der Waals surface area contributed by atoms with Crippen molar-refractivity contribution in [2.45, 2.75) is 71.1 Å². The Kier molecular flexibility index (Phi) is 6.50. The van der Waals surface area contributed by atoms with Gasteiger partial charge >= 0.3 is 0 Å². The molecule has 1 heterocycles. The van der Waals surface area contributed by atoms with Crippen LogP contribution in [0.1, 0.15) is 75.4 Å². The molecule has 0 aliphatic carbocycles. The smallest absolute Gasteiger partial charge is 0.274 e. The highest BCUT2D eigenvalue weighted by molar-refractivity contribution is 7.93. The number of Topliss-reactive ketones (excluding diaryl/α,β-unsaturated/α-hetero) is 1. The van der Waals surface area contributed by atoms with Crippen molar-refractivity contribution < 1.29 is 22.7 Å². The minimum atomic E-state index is -4.28. The number of hydrogen-bond donors (Lipinski definition) is 0. The normalized spacial score (nSPS) is 18.4. The highest BCUT2D eigenvalue weighted by atomic mass is 32.2. The molecule has 0 aromatic heterocycles. The van der Waals surface area contributed by atoms with Gasteiger partial charge in [0.1, 0.15) is 10.6 Å². The van der Waals surface area contributed by atoms with Crippen molar-refractivity contribution in [2.75, 3.05) is 11.4 Å². The van der Waals surface area contributed by atoms with Crippen LogP contribution in [0.15, 0.2) is 41.3 Å². The molecule has 1 atom stereocenters. The molecular weight excluding hydrogens is 438 g/mol. The Morgan fingerprint density at radius 2 is 1.79 bits per heavy atom. The minimum Gasteiger partial charge on any atom is -0.495 e. The van der Waals surface area contributed by atoms with E-state index in [-0.39, 0.29) is 21.8 Å². The predicted octanol–water partition coefficient (Wildman–Crippen LogP) is 5.42. The second-order valence-electron chi connectivity index (χ2n) is 10.2. The number of sulfonamides is 1. The van der Waals surface area contributed by atoms with Gasteiger partial charge in [-0.1, -0.05) is 51.8 Å². The molecule has 0 spiro atoms. The average Bonchev–Trinajstić information content (AvgIpc) is 2.94. The molecule has 1 aliphatic rings. The number of carbonyl (C=O) groups is 2. The number of rotatable bonds is 7. The molecule has 0 saturated carbocycles. The maximum Gasteiger partial charge on any atom is 0.274 e. The van der Waals surface area contributed by atoms with Crippen molar-refractivity contribution in [1.29, 1.82) is 0 Å². The predicted molar refractivity (Wildman–Crippen MR) is 130 cm³/mol. The third kappa shape index (κ3) is 4.43. The standard InChI is InChI=1S/C26H33NO5S/c1-8-13-26(6)19-14-17(2)9-11-20(19)27(24(26)29)33(30,31)23-12-10-18(15-22(23)32-7)21(28)16-25(3,4)5/h9-12,14-15H,8,13,16H2,1-7H3. The van der Waals surface area contributed by atoms with Gasteiger partial charge in [-0.3, -0.25) is 9.59 Å². The molecule has 0 fully saturated rings. The van der Waals surface area contributed by atoms with Crippen LogP contribution in [-0.4, -0.2) is 27.2 Å². The lowest BCUT2D eigenvalue weighted by Gasteiger charge is -2.24. The van der Waals surface area contributed by atoms with E-state index in [0.717, 1.165) is 16.3 Å². The first-order chi connectivity index (χ1) is 15.3. The number of ketones is 1. The van der Waals surface area contributed by atoms with Crippen LogP contribution in [0.4, 0.5) is 5.69 Å². The van der Waals surface area contributed by atoms with Crippen LogP contribution in [0, 0.1) is 12.3 Å². The molecule has 2 aromatic rings. The van der Waals surface area contributed by atoms with Gasteiger partial charge in [-0.15, -0.1) is 0 Å². The third-order valence-electron chi connectivity index (χ3n) is 6.07. The summed E-state index contributed by atoms with van der Waals surface area (Å²) in [6.45, 7) is 11.6. The fraction of sp³-hybridized carbons (Fsp3) is 0.462. The van der Waals surface area contributed by atoms with Crippen molar-refractivity contribution in [2.24, 2.45) is 5.41 Å². The summed E-state index contributed by atoms with van der Waals surface area (Å²) in [6.07, 6.45) is 1.58.